The molecule has 2 N–H and O–H groups in total. The first-order valence-corrected chi connectivity index (χ1v) is 9.64. The normalized spacial score (nSPS) is 33.0. The molecule has 0 aromatic heterocycles. The fourth-order valence-corrected chi connectivity index (χ4v) is 4.27. The predicted octanol–water partition coefficient (Wildman–Crippen LogP) is 2.89. The molecule has 0 spiro atoms. The van der Waals surface area contributed by atoms with Crippen LogP contribution in [0.1, 0.15) is 65.7 Å². The van der Waals surface area contributed by atoms with Gasteiger partial charge in [0.15, 0.2) is 0 Å². The Labute approximate surface area is 146 Å². The summed E-state index contributed by atoms with van der Waals surface area (Å²) in [4.78, 5) is 25.7. The minimum atomic E-state index is -0.724. The van der Waals surface area contributed by atoms with Crippen LogP contribution in [0.2, 0.25) is 0 Å². The van der Waals surface area contributed by atoms with Gasteiger partial charge < -0.3 is 10.4 Å². The summed E-state index contributed by atoms with van der Waals surface area (Å²) in [5.41, 5.74) is 0. The number of piperidine rings is 1. The fraction of sp³-hybridized carbons (Fsp3) is 0.895. The Morgan fingerprint density at radius 1 is 1.21 bits per heavy atom. The maximum Gasteiger partial charge on any atom is 0.303 e. The van der Waals surface area contributed by atoms with E-state index in [2.05, 4.69) is 24.1 Å². The second-order valence-electron chi connectivity index (χ2n) is 7.99. The number of carboxylic acids is 1. The molecular weight excluding hydrogens is 304 g/mol. The zero-order chi connectivity index (χ0) is 17.7. The third-order valence-corrected chi connectivity index (χ3v) is 6.28. The maximum absolute atomic E-state index is 12.7. The predicted molar refractivity (Wildman–Crippen MR) is 94.7 cm³/mol. The third-order valence-electron chi connectivity index (χ3n) is 6.28. The zero-order valence-corrected chi connectivity index (χ0v) is 15.5. The van der Waals surface area contributed by atoms with Crippen molar-refractivity contribution in [2.75, 3.05) is 13.1 Å². The lowest BCUT2D eigenvalue weighted by Crippen LogP contribution is -2.53. The highest BCUT2D eigenvalue weighted by Crippen LogP contribution is 2.30. The van der Waals surface area contributed by atoms with E-state index in [-0.39, 0.29) is 18.4 Å². The average molecular weight is 338 g/mol. The summed E-state index contributed by atoms with van der Waals surface area (Å²) < 4.78 is 0. The minimum Gasteiger partial charge on any atom is -0.481 e. The van der Waals surface area contributed by atoms with E-state index in [4.69, 9.17) is 5.11 Å². The Morgan fingerprint density at radius 2 is 1.96 bits per heavy atom. The SMILES string of the molecule is CC1CCCC(NC(=O)C(C)N2CCCC(CCC(=O)O)C2)C1C. The number of amides is 1. The molecule has 0 bridgehead atoms. The van der Waals surface area contributed by atoms with E-state index in [0.717, 1.165) is 38.8 Å². The van der Waals surface area contributed by atoms with Gasteiger partial charge in [-0.1, -0.05) is 26.7 Å². The second kappa shape index (κ2) is 8.84. The van der Waals surface area contributed by atoms with Crippen molar-refractivity contribution in [3.63, 3.8) is 0 Å². The Hall–Kier alpha value is -1.10. The molecule has 138 valence electrons. The van der Waals surface area contributed by atoms with Crippen LogP contribution in [0.3, 0.4) is 0 Å². The summed E-state index contributed by atoms with van der Waals surface area (Å²) >= 11 is 0. The van der Waals surface area contributed by atoms with E-state index in [1.807, 2.05) is 6.92 Å². The van der Waals surface area contributed by atoms with Gasteiger partial charge in [-0.25, -0.2) is 0 Å². The van der Waals surface area contributed by atoms with Crippen LogP contribution < -0.4 is 5.32 Å². The molecule has 2 rings (SSSR count). The number of aliphatic carboxylic acids is 1. The van der Waals surface area contributed by atoms with E-state index in [1.54, 1.807) is 0 Å². The van der Waals surface area contributed by atoms with Gasteiger partial charge >= 0.3 is 5.97 Å². The van der Waals surface area contributed by atoms with E-state index in [9.17, 15) is 9.59 Å². The van der Waals surface area contributed by atoms with Crippen molar-refractivity contribution in [1.29, 1.82) is 0 Å². The van der Waals surface area contributed by atoms with Gasteiger partial charge in [-0.3, -0.25) is 14.5 Å². The highest BCUT2D eigenvalue weighted by molar-refractivity contribution is 5.81. The summed E-state index contributed by atoms with van der Waals surface area (Å²) in [6.45, 7) is 8.31. The fourth-order valence-electron chi connectivity index (χ4n) is 4.27. The van der Waals surface area contributed by atoms with Crippen molar-refractivity contribution < 1.29 is 14.7 Å². The van der Waals surface area contributed by atoms with Crippen LogP contribution >= 0.6 is 0 Å². The number of nitrogens with zero attached hydrogens (tertiary/aromatic N) is 1. The number of hydrogen-bond acceptors (Lipinski definition) is 3. The van der Waals surface area contributed by atoms with E-state index >= 15 is 0 Å². The van der Waals surface area contributed by atoms with Crippen molar-refractivity contribution in [1.82, 2.24) is 10.2 Å². The van der Waals surface area contributed by atoms with Crippen LogP contribution in [0.15, 0.2) is 0 Å². The summed E-state index contributed by atoms with van der Waals surface area (Å²) in [5.74, 6) is 1.03. The molecule has 5 nitrogen and oxygen atoms in total. The first-order chi connectivity index (χ1) is 11.4. The Balaban J connectivity index is 1.84. The standard InChI is InChI=1S/C19H34N2O3/c1-13-6-4-8-17(14(13)2)20-19(24)15(3)21-11-5-7-16(12-21)9-10-18(22)23/h13-17H,4-12H2,1-3H3,(H,20,24)(H,22,23). The number of nitrogens with one attached hydrogen (secondary N) is 1. The van der Waals surface area contributed by atoms with E-state index in [0.29, 0.717) is 23.8 Å². The molecule has 1 amide bonds. The Morgan fingerprint density at radius 3 is 2.67 bits per heavy atom. The van der Waals surface area contributed by atoms with Crippen LogP contribution in [0.5, 0.6) is 0 Å². The topological polar surface area (TPSA) is 69.6 Å². The quantitative estimate of drug-likeness (QED) is 0.781. The molecule has 5 atom stereocenters. The monoisotopic (exact) mass is 338 g/mol. The largest absolute Gasteiger partial charge is 0.481 e. The molecule has 0 aromatic rings. The van der Waals surface area contributed by atoms with E-state index in [1.165, 1.54) is 12.8 Å². The number of carbonyl (C=O) groups excluding carboxylic acids is 1. The second-order valence-corrected chi connectivity index (χ2v) is 7.99. The van der Waals surface area contributed by atoms with Crippen LogP contribution in [-0.4, -0.2) is 47.1 Å². The molecule has 1 saturated heterocycles. The summed E-state index contributed by atoms with van der Waals surface area (Å²) in [7, 11) is 0. The van der Waals surface area contributed by atoms with Crippen LogP contribution in [0.25, 0.3) is 0 Å². The first kappa shape index (κ1) is 19.2. The van der Waals surface area contributed by atoms with Gasteiger partial charge in [-0.2, -0.15) is 0 Å². The van der Waals surface area contributed by atoms with Gasteiger partial charge in [0, 0.05) is 19.0 Å². The molecule has 2 aliphatic rings. The minimum absolute atomic E-state index is 0.123. The maximum atomic E-state index is 12.7. The average Bonchev–Trinajstić information content (AvgIpc) is 2.56. The van der Waals surface area contributed by atoms with Gasteiger partial charge in [0.25, 0.3) is 0 Å². The molecule has 5 heteroatoms. The smallest absolute Gasteiger partial charge is 0.303 e. The summed E-state index contributed by atoms with van der Waals surface area (Å²) in [6.07, 6.45) is 6.64. The van der Waals surface area contributed by atoms with Gasteiger partial charge in [0.2, 0.25) is 5.91 Å². The van der Waals surface area contributed by atoms with Crippen molar-refractivity contribution in [3.05, 3.63) is 0 Å². The Kier molecular flexibility index (Phi) is 7.08. The molecule has 0 radical (unpaired) electrons. The molecular formula is C19H34N2O3. The lowest BCUT2D eigenvalue weighted by atomic mass is 9.78. The first-order valence-electron chi connectivity index (χ1n) is 9.64. The highest BCUT2D eigenvalue weighted by Gasteiger charge is 2.32. The highest BCUT2D eigenvalue weighted by atomic mass is 16.4. The van der Waals surface area contributed by atoms with E-state index < -0.39 is 5.97 Å². The van der Waals surface area contributed by atoms with Crippen molar-refractivity contribution in [2.24, 2.45) is 17.8 Å². The van der Waals surface area contributed by atoms with Gasteiger partial charge in [-0.15, -0.1) is 0 Å². The van der Waals surface area contributed by atoms with Crippen LogP contribution in [0, 0.1) is 17.8 Å². The van der Waals surface area contributed by atoms with Gasteiger partial charge in [-0.05, 0) is 56.9 Å². The number of likely N-dealkylation sites (tertiary alicyclic amines) is 1. The number of rotatable bonds is 6. The number of carboxylic acid groups (broad SMARTS) is 1. The molecule has 0 aromatic carbocycles. The van der Waals surface area contributed by atoms with Gasteiger partial charge in [0.1, 0.15) is 0 Å². The summed E-state index contributed by atoms with van der Waals surface area (Å²) in [6, 6.07) is 0.179. The van der Waals surface area contributed by atoms with Crippen molar-refractivity contribution in [3.8, 4) is 0 Å². The third kappa shape index (κ3) is 5.20. The molecule has 5 unspecified atom stereocenters. The number of hydrogen-bond donors (Lipinski definition) is 2. The van der Waals surface area contributed by atoms with Crippen LogP contribution in [0.4, 0.5) is 0 Å². The van der Waals surface area contributed by atoms with Gasteiger partial charge in [0.05, 0.1) is 6.04 Å². The summed E-state index contributed by atoms with van der Waals surface area (Å²) in [5, 5.41) is 12.1. The van der Waals surface area contributed by atoms with Crippen LogP contribution in [-0.2, 0) is 9.59 Å². The molecule has 24 heavy (non-hydrogen) atoms. The molecule has 2 fully saturated rings. The Bertz CT molecular complexity index is 440. The van der Waals surface area contributed by atoms with Crippen molar-refractivity contribution >= 4 is 11.9 Å². The molecule has 1 saturated carbocycles. The lowest BCUT2D eigenvalue weighted by Gasteiger charge is -2.39. The van der Waals surface area contributed by atoms with Crippen molar-refractivity contribution in [2.45, 2.75) is 77.8 Å². The zero-order valence-electron chi connectivity index (χ0n) is 15.5. The number of carbonyl (C=O) groups is 2. The lowest BCUT2D eigenvalue weighted by molar-refractivity contribution is -0.137. The molecule has 1 aliphatic heterocycles. The molecule has 1 heterocycles. The molecule has 1 aliphatic carbocycles.